The van der Waals surface area contributed by atoms with Gasteiger partial charge in [0.2, 0.25) is 5.91 Å². The lowest BCUT2D eigenvalue weighted by molar-refractivity contribution is -0.127. The summed E-state index contributed by atoms with van der Waals surface area (Å²) in [5, 5.41) is 1.37. The number of halogens is 1. The van der Waals surface area contributed by atoms with E-state index in [-0.39, 0.29) is 12.0 Å². The SMILES string of the molecule is Cc1ccc(C)c2sc(OC3CCN(C(=O)/C=C/c4ccccc4Cl)CC3)nc12. The summed E-state index contributed by atoms with van der Waals surface area (Å²) in [6.07, 6.45) is 5.08. The van der Waals surface area contributed by atoms with Crippen LogP contribution in [0.5, 0.6) is 5.19 Å². The van der Waals surface area contributed by atoms with Crippen LogP contribution in [0.2, 0.25) is 5.02 Å². The van der Waals surface area contributed by atoms with Crippen molar-refractivity contribution in [3.63, 3.8) is 0 Å². The molecule has 1 aliphatic rings. The number of carbonyl (C=O) groups excluding carboxylic acids is 1. The van der Waals surface area contributed by atoms with Gasteiger partial charge in [-0.15, -0.1) is 0 Å². The van der Waals surface area contributed by atoms with Crippen LogP contribution in [0.1, 0.15) is 29.5 Å². The number of likely N-dealkylation sites (tertiary alicyclic amines) is 1. The fourth-order valence-corrected chi connectivity index (χ4v) is 4.73. The number of hydrogen-bond donors (Lipinski definition) is 0. The number of rotatable bonds is 4. The molecule has 1 saturated heterocycles. The second-order valence-corrected chi connectivity index (χ2v) is 8.72. The van der Waals surface area contributed by atoms with Gasteiger partial charge in [0.25, 0.3) is 5.19 Å². The molecule has 0 saturated carbocycles. The van der Waals surface area contributed by atoms with Gasteiger partial charge in [-0.25, -0.2) is 4.98 Å². The van der Waals surface area contributed by atoms with Gasteiger partial charge < -0.3 is 9.64 Å². The Kier molecular flexibility index (Phi) is 5.88. The minimum Gasteiger partial charge on any atom is -0.467 e. The molecule has 0 spiro atoms. The van der Waals surface area contributed by atoms with Crippen LogP contribution in [0, 0.1) is 13.8 Å². The Morgan fingerprint density at radius 1 is 1.17 bits per heavy atom. The van der Waals surface area contributed by atoms with Gasteiger partial charge >= 0.3 is 0 Å². The minimum absolute atomic E-state index is 0.00889. The zero-order valence-corrected chi connectivity index (χ0v) is 18.1. The highest BCUT2D eigenvalue weighted by Gasteiger charge is 2.24. The summed E-state index contributed by atoms with van der Waals surface area (Å²) in [6, 6.07) is 11.7. The molecule has 1 amide bonds. The fourth-order valence-electron chi connectivity index (χ4n) is 3.50. The van der Waals surface area contributed by atoms with Crippen molar-refractivity contribution < 1.29 is 9.53 Å². The summed E-state index contributed by atoms with van der Waals surface area (Å²) >= 11 is 7.75. The molecule has 0 unspecified atom stereocenters. The number of aromatic nitrogens is 1. The molecule has 0 bridgehead atoms. The molecular formula is C23H23ClN2O2S. The molecule has 0 N–H and O–H groups in total. The van der Waals surface area contributed by atoms with E-state index in [1.807, 2.05) is 29.2 Å². The van der Waals surface area contributed by atoms with Crippen molar-refractivity contribution in [1.29, 1.82) is 0 Å². The molecule has 0 radical (unpaired) electrons. The highest BCUT2D eigenvalue weighted by atomic mass is 35.5. The van der Waals surface area contributed by atoms with Crippen LogP contribution in [0.15, 0.2) is 42.5 Å². The second-order valence-electron chi connectivity index (χ2n) is 7.35. The second kappa shape index (κ2) is 8.56. The lowest BCUT2D eigenvalue weighted by atomic mass is 10.1. The number of carbonyl (C=O) groups is 1. The van der Waals surface area contributed by atoms with E-state index in [2.05, 4.69) is 31.0 Å². The molecule has 2 aromatic carbocycles. The van der Waals surface area contributed by atoms with Crippen molar-refractivity contribution in [2.24, 2.45) is 0 Å². The summed E-state index contributed by atoms with van der Waals surface area (Å²) in [7, 11) is 0. The first kappa shape index (κ1) is 19.9. The summed E-state index contributed by atoms with van der Waals surface area (Å²) in [5.41, 5.74) is 4.27. The van der Waals surface area contributed by atoms with Crippen LogP contribution >= 0.6 is 22.9 Å². The predicted molar refractivity (Wildman–Crippen MR) is 120 cm³/mol. The number of hydrogen-bond acceptors (Lipinski definition) is 4. The molecule has 3 aromatic rings. The number of nitrogens with zero attached hydrogens (tertiary/aromatic N) is 2. The van der Waals surface area contributed by atoms with Gasteiger partial charge in [-0.2, -0.15) is 0 Å². The van der Waals surface area contributed by atoms with Crippen molar-refractivity contribution in [3.8, 4) is 5.19 Å². The molecular weight excluding hydrogens is 404 g/mol. The lowest BCUT2D eigenvalue weighted by Gasteiger charge is -2.30. The first-order valence-electron chi connectivity index (χ1n) is 9.76. The van der Waals surface area contributed by atoms with Crippen LogP contribution in [0.25, 0.3) is 16.3 Å². The van der Waals surface area contributed by atoms with Crippen molar-refractivity contribution in [2.45, 2.75) is 32.8 Å². The summed E-state index contributed by atoms with van der Waals surface area (Å²) in [5.74, 6) is 0.00889. The normalized spacial score (nSPS) is 15.3. The average Bonchev–Trinajstić information content (AvgIpc) is 3.16. The van der Waals surface area contributed by atoms with Crippen molar-refractivity contribution in [1.82, 2.24) is 9.88 Å². The smallest absolute Gasteiger partial charge is 0.274 e. The third-order valence-electron chi connectivity index (χ3n) is 5.25. The Labute approximate surface area is 179 Å². The topological polar surface area (TPSA) is 42.4 Å². The zero-order chi connectivity index (χ0) is 20.4. The summed E-state index contributed by atoms with van der Waals surface area (Å²) in [4.78, 5) is 19.0. The Morgan fingerprint density at radius 2 is 1.90 bits per heavy atom. The number of fused-ring (bicyclic) bond motifs is 1. The van der Waals surface area contributed by atoms with Crippen molar-refractivity contribution >= 4 is 45.1 Å². The van der Waals surface area contributed by atoms with Gasteiger partial charge in [0, 0.05) is 37.0 Å². The first-order chi connectivity index (χ1) is 14.0. The Balaban J connectivity index is 1.35. The van der Waals surface area contributed by atoms with Crippen LogP contribution < -0.4 is 4.74 Å². The van der Waals surface area contributed by atoms with Gasteiger partial charge in [0.05, 0.1) is 10.2 Å². The number of aryl methyl sites for hydroxylation is 2. The van der Waals surface area contributed by atoms with Crippen molar-refractivity contribution in [2.75, 3.05) is 13.1 Å². The molecule has 2 heterocycles. The van der Waals surface area contributed by atoms with Crippen LogP contribution in [-0.2, 0) is 4.79 Å². The van der Waals surface area contributed by atoms with Crippen LogP contribution in [0.3, 0.4) is 0 Å². The van der Waals surface area contributed by atoms with Gasteiger partial charge in [-0.1, -0.05) is 53.3 Å². The average molecular weight is 427 g/mol. The Bertz CT molecular complexity index is 1030. The standard InChI is InChI=1S/C23H23ClN2O2S/c1-15-7-8-16(2)22-21(15)25-23(29-22)28-18-11-13-26(14-12-18)20(27)10-9-17-5-3-4-6-19(17)24/h3-10,18H,11-14H2,1-2H3/b10-9+. The monoisotopic (exact) mass is 426 g/mol. The highest BCUT2D eigenvalue weighted by Crippen LogP contribution is 2.33. The lowest BCUT2D eigenvalue weighted by Crippen LogP contribution is -2.41. The molecule has 6 heteroatoms. The molecule has 4 nitrogen and oxygen atoms in total. The van der Waals surface area contributed by atoms with Crippen molar-refractivity contribution in [3.05, 3.63) is 64.2 Å². The van der Waals surface area contributed by atoms with Gasteiger partial charge in [-0.3, -0.25) is 4.79 Å². The number of amides is 1. The Hall–Kier alpha value is -2.37. The summed E-state index contributed by atoms with van der Waals surface area (Å²) < 4.78 is 7.35. The molecule has 0 aliphatic carbocycles. The number of piperidine rings is 1. The fraction of sp³-hybridized carbons (Fsp3) is 0.304. The molecule has 1 fully saturated rings. The quantitative estimate of drug-likeness (QED) is 0.506. The predicted octanol–water partition coefficient (Wildman–Crippen LogP) is 5.65. The molecule has 150 valence electrons. The van der Waals surface area contributed by atoms with E-state index < -0.39 is 0 Å². The number of thiazole rings is 1. The largest absolute Gasteiger partial charge is 0.467 e. The molecule has 4 rings (SSSR count). The minimum atomic E-state index is 0.00889. The molecule has 1 aromatic heterocycles. The third kappa shape index (κ3) is 4.46. The first-order valence-corrected chi connectivity index (χ1v) is 11.0. The number of benzene rings is 2. The van der Waals surface area contributed by atoms with Crippen LogP contribution in [-0.4, -0.2) is 35.0 Å². The molecule has 29 heavy (non-hydrogen) atoms. The van der Waals surface area contributed by atoms with Gasteiger partial charge in [-0.05, 0) is 42.7 Å². The summed E-state index contributed by atoms with van der Waals surface area (Å²) in [6.45, 7) is 5.54. The van der Waals surface area contributed by atoms with E-state index >= 15 is 0 Å². The maximum Gasteiger partial charge on any atom is 0.274 e. The van der Waals surface area contributed by atoms with E-state index in [4.69, 9.17) is 16.3 Å². The van der Waals surface area contributed by atoms with E-state index in [1.54, 1.807) is 23.5 Å². The van der Waals surface area contributed by atoms with Gasteiger partial charge in [0.15, 0.2) is 0 Å². The van der Waals surface area contributed by atoms with E-state index in [0.717, 1.165) is 29.1 Å². The van der Waals surface area contributed by atoms with E-state index in [0.29, 0.717) is 18.1 Å². The maximum atomic E-state index is 12.5. The Morgan fingerprint density at radius 3 is 2.62 bits per heavy atom. The number of ether oxygens (including phenoxy) is 1. The highest BCUT2D eigenvalue weighted by molar-refractivity contribution is 7.20. The van der Waals surface area contributed by atoms with E-state index in [9.17, 15) is 4.79 Å². The third-order valence-corrected chi connectivity index (χ3v) is 6.68. The van der Waals surface area contributed by atoms with E-state index in [1.165, 1.54) is 15.8 Å². The van der Waals surface area contributed by atoms with Gasteiger partial charge in [0.1, 0.15) is 6.10 Å². The van der Waals surface area contributed by atoms with Crippen LogP contribution in [0.4, 0.5) is 0 Å². The zero-order valence-electron chi connectivity index (χ0n) is 16.5. The molecule has 0 atom stereocenters. The maximum absolute atomic E-state index is 12.5. The molecule has 1 aliphatic heterocycles.